The summed E-state index contributed by atoms with van der Waals surface area (Å²) < 4.78 is 31.6. The zero-order valence-corrected chi connectivity index (χ0v) is 13.2. The third-order valence-corrected chi connectivity index (χ3v) is 5.52. The number of halogens is 1. The first-order valence-corrected chi connectivity index (χ1v) is 8.83. The topological polar surface area (TPSA) is 46.6 Å². The van der Waals surface area contributed by atoms with Gasteiger partial charge in [-0.15, -0.1) is 11.6 Å². The summed E-state index contributed by atoms with van der Waals surface area (Å²) in [6.45, 7) is 0.857. The maximum Gasteiger partial charge on any atom is 0.218 e. The fourth-order valence-corrected chi connectivity index (χ4v) is 4.14. The summed E-state index contributed by atoms with van der Waals surface area (Å²) in [6, 6.07) is 7.58. The predicted molar refractivity (Wildman–Crippen MR) is 80.2 cm³/mol. The molecule has 0 aromatic heterocycles. The van der Waals surface area contributed by atoms with Crippen LogP contribution in [-0.4, -0.2) is 39.0 Å². The van der Waals surface area contributed by atoms with Crippen molar-refractivity contribution in [3.05, 3.63) is 35.4 Å². The maximum absolute atomic E-state index is 12.5. The maximum atomic E-state index is 12.5. The van der Waals surface area contributed by atoms with E-state index in [1.807, 2.05) is 24.3 Å². The van der Waals surface area contributed by atoms with Crippen molar-refractivity contribution in [1.82, 2.24) is 4.31 Å². The number of methoxy groups -OCH3 is 1. The predicted octanol–water partition coefficient (Wildman–Crippen LogP) is 2.37. The molecule has 0 heterocycles. The normalized spacial score (nSPS) is 15.8. The molecular formula is C14H20ClNO3S. The summed E-state index contributed by atoms with van der Waals surface area (Å²) in [5.41, 5.74) is 1.72. The first kappa shape index (κ1) is 15.8. The van der Waals surface area contributed by atoms with E-state index >= 15 is 0 Å². The quantitative estimate of drug-likeness (QED) is 0.692. The Bertz CT molecular complexity index is 543. The van der Waals surface area contributed by atoms with E-state index in [1.54, 1.807) is 11.4 Å². The van der Waals surface area contributed by atoms with Crippen LogP contribution in [0.3, 0.4) is 0 Å². The first-order chi connectivity index (χ1) is 9.56. The van der Waals surface area contributed by atoms with Gasteiger partial charge in [-0.1, -0.05) is 24.3 Å². The van der Waals surface area contributed by atoms with E-state index < -0.39 is 10.0 Å². The van der Waals surface area contributed by atoms with Gasteiger partial charge < -0.3 is 4.74 Å². The Morgan fingerprint density at radius 2 is 2.05 bits per heavy atom. The number of hydrogen-bond acceptors (Lipinski definition) is 3. The fraction of sp³-hybridized carbons (Fsp3) is 0.571. The Kier molecular flexibility index (Phi) is 5.43. The molecule has 0 atom stereocenters. The summed E-state index contributed by atoms with van der Waals surface area (Å²) in [4.78, 5) is 0. The van der Waals surface area contributed by atoms with Crippen LogP contribution >= 0.6 is 11.6 Å². The Morgan fingerprint density at radius 1 is 1.35 bits per heavy atom. The van der Waals surface area contributed by atoms with Crippen LogP contribution in [-0.2, 0) is 26.4 Å². The van der Waals surface area contributed by atoms with Gasteiger partial charge in [-0.25, -0.2) is 8.42 Å². The molecule has 0 saturated heterocycles. The Morgan fingerprint density at radius 3 is 2.65 bits per heavy atom. The Labute approximate surface area is 125 Å². The summed E-state index contributed by atoms with van der Waals surface area (Å²) in [6.07, 6.45) is 1.90. The monoisotopic (exact) mass is 317 g/mol. The highest BCUT2D eigenvalue weighted by molar-refractivity contribution is 7.88. The van der Waals surface area contributed by atoms with E-state index in [0.717, 1.165) is 24.0 Å². The number of alkyl halides is 1. The summed E-state index contributed by atoms with van der Waals surface area (Å²) in [5.74, 6) is 0.418. The van der Waals surface area contributed by atoms with Gasteiger partial charge in [-0.2, -0.15) is 4.31 Å². The molecule has 0 aliphatic heterocycles. The molecule has 1 aromatic carbocycles. The second-order valence-corrected chi connectivity index (χ2v) is 7.23. The van der Waals surface area contributed by atoms with E-state index in [0.29, 0.717) is 19.0 Å². The highest BCUT2D eigenvalue weighted by atomic mass is 35.5. The third kappa shape index (κ3) is 4.19. The molecule has 0 N–H and O–H groups in total. The molecular weight excluding hydrogens is 298 g/mol. The van der Waals surface area contributed by atoms with Gasteiger partial charge in [0.2, 0.25) is 10.0 Å². The third-order valence-electron chi connectivity index (χ3n) is 3.32. The second kappa shape index (κ2) is 6.89. The van der Waals surface area contributed by atoms with Crippen molar-refractivity contribution < 1.29 is 13.2 Å². The SMILES string of the molecule is COCCN(C1CC1)S(=O)(=O)Cc1cccc(CCl)c1. The lowest BCUT2D eigenvalue weighted by atomic mass is 10.2. The van der Waals surface area contributed by atoms with E-state index in [-0.39, 0.29) is 11.8 Å². The number of nitrogens with zero attached hydrogens (tertiary/aromatic N) is 1. The minimum absolute atomic E-state index is 0.0257. The summed E-state index contributed by atoms with van der Waals surface area (Å²) in [5, 5.41) is 0. The Hall–Kier alpha value is -0.620. The zero-order chi connectivity index (χ0) is 14.6. The highest BCUT2D eigenvalue weighted by Crippen LogP contribution is 2.30. The van der Waals surface area contributed by atoms with Crippen LogP contribution in [0.4, 0.5) is 0 Å². The molecule has 0 amide bonds. The molecule has 1 aromatic rings. The van der Waals surface area contributed by atoms with Gasteiger partial charge in [-0.3, -0.25) is 0 Å². The number of benzene rings is 1. The standard InChI is InChI=1S/C14H20ClNO3S/c1-19-8-7-16(14-5-6-14)20(17,18)11-13-4-2-3-12(9-13)10-15/h2-4,9,14H,5-8,10-11H2,1H3. The number of hydrogen-bond donors (Lipinski definition) is 0. The lowest BCUT2D eigenvalue weighted by Crippen LogP contribution is -2.36. The Balaban J connectivity index is 2.11. The van der Waals surface area contributed by atoms with E-state index in [1.165, 1.54) is 0 Å². The van der Waals surface area contributed by atoms with Crippen molar-refractivity contribution in [2.75, 3.05) is 20.3 Å². The van der Waals surface area contributed by atoms with Crippen molar-refractivity contribution in [2.45, 2.75) is 30.5 Å². The summed E-state index contributed by atoms with van der Waals surface area (Å²) in [7, 11) is -1.71. The number of rotatable bonds is 8. The van der Waals surface area contributed by atoms with Crippen LogP contribution in [0.2, 0.25) is 0 Å². The molecule has 4 nitrogen and oxygen atoms in total. The van der Waals surface area contributed by atoms with Gasteiger partial charge in [0.25, 0.3) is 0 Å². The van der Waals surface area contributed by atoms with Gasteiger partial charge in [0.15, 0.2) is 0 Å². The largest absolute Gasteiger partial charge is 0.383 e. The minimum atomic E-state index is -3.30. The number of sulfonamides is 1. The van der Waals surface area contributed by atoms with Crippen molar-refractivity contribution >= 4 is 21.6 Å². The summed E-state index contributed by atoms with van der Waals surface area (Å²) >= 11 is 5.79. The van der Waals surface area contributed by atoms with E-state index in [2.05, 4.69) is 0 Å². The van der Waals surface area contributed by atoms with Crippen molar-refractivity contribution in [3.63, 3.8) is 0 Å². The molecule has 2 rings (SSSR count). The lowest BCUT2D eigenvalue weighted by Gasteiger charge is -2.21. The fourth-order valence-electron chi connectivity index (χ4n) is 2.19. The van der Waals surface area contributed by atoms with E-state index in [4.69, 9.17) is 16.3 Å². The van der Waals surface area contributed by atoms with Gasteiger partial charge in [0, 0.05) is 25.6 Å². The van der Waals surface area contributed by atoms with E-state index in [9.17, 15) is 8.42 Å². The number of ether oxygens (including phenoxy) is 1. The molecule has 0 unspecified atom stereocenters. The van der Waals surface area contributed by atoms with Gasteiger partial charge in [-0.05, 0) is 24.0 Å². The van der Waals surface area contributed by atoms with Crippen LogP contribution in [0, 0.1) is 0 Å². The lowest BCUT2D eigenvalue weighted by molar-refractivity contribution is 0.177. The van der Waals surface area contributed by atoms with Crippen LogP contribution in [0.5, 0.6) is 0 Å². The minimum Gasteiger partial charge on any atom is -0.383 e. The molecule has 112 valence electrons. The first-order valence-electron chi connectivity index (χ1n) is 6.69. The van der Waals surface area contributed by atoms with Crippen LogP contribution in [0.25, 0.3) is 0 Å². The molecule has 1 fully saturated rings. The molecule has 0 bridgehead atoms. The van der Waals surface area contributed by atoms with Gasteiger partial charge in [0.1, 0.15) is 0 Å². The van der Waals surface area contributed by atoms with Crippen molar-refractivity contribution in [3.8, 4) is 0 Å². The van der Waals surface area contributed by atoms with Crippen molar-refractivity contribution in [2.24, 2.45) is 0 Å². The highest BCUT2D eigenvalue weighted by Gasteiger charge is 2.36. The van der Waals surface area contributed by atoms with Gasteiger partial charge in [0.05, 0.1) is 12.4 Å². The molecule has 1 aliphatic carbocycles. The smallest absolute Gasteiger partial charge is 0.218 e. The zero-order valence-electron chi connectivity index (χ0n) is 11.6. The average molecular weight is 318 g/mol. The van der Waals surface area contributed by atoms with Crippen molar-refractivity contribution in [1.29, 1.82) is 0 Å². The molecule has 0 radical (unpaired) electrons. The van der Waals surface area contributed by atoms with Crippen LogP contribution in [0.1, 0.15) is 24.0 Å². The molecule has 1 aliphatic rings. The van der Waals surface area contributed by atoms with Crippen LogP contribution in [0.15, 0.2) is 24.3 Å². The average Bonchev–Trinajstić information content (AvgIpc) is 3.23. The molecule has 1 saturated carbocycles. The molecule has 6 heteroatoms. The molecule has 0 spiro atoms. The molecule has 20 heavy (non-hydrogen) atoms. The van der Waals surface area contributed by atoms with Gasteiger partial charge >= 0.3 is 0 Å². The second-order valence-electron chi connectivity index (χ2n) is 5.04. The van der Waals surface area contributed by atoms with Crippen LogP contribution < -0.4 is 0 Å².